The van der Waals surface area contributed by atoms with Crippen LogP contribution in [-0.2, 0) is 17.4 Å². The van der Waals surface area contributed by atoms with Crippen LogP contribution in [0, 0.1) is 0 Å². The number of alkyl halides is 3. The maximum atomic E-state index is 12.8. The van der Waals surface area contributed by atoms with Crippen LogP contribution in [-0.4, -0.2) is 21.1 Å². The molecule has 2 heterocycles. The van der Waals surface area contributed by atoms with Crippen LogP contribution in [0.5, 0.6) is 0 Å². The van der Waals surface area contributed by atoms with E-state index in [1.165, 1.54) is 23.5 Å². The summed E-state index contributed by atoms with van der Waals surface area (Å²) in [5, 5.41) is 11.3. The van der Waals surface area contributed by atoms with Gasteiger partial charge in [0.25, 0.3) is 0 Å². The number of nitrogens with zero attached hydrogens (tertiary/aromatic N) is 3. The van der Waals surface area contributed by atoms with Crippen LogP contribution >= 0.6 is 22.9 Å². The van der Waals surface area contributed by atoms with E-state index in [9.17, 15) is 18.0 Å². The molecule has 154 valence electrons. The van der Waals surface area contributed by atoms with Gasteiger partial charge in [0, 0.05) is 23.4 Å². The van der Waals surface area contributed by atoms with Gasteiger partial charge in [-0.15, -0.1) is 10.2 Å². The minimum absolute atomic E-state index is 0.0421. The van der Waals surface area contributed by atoms with Gasteiger partial charge < -0.3 is 9.73 Å². The molecule has 4 rings (SSSR count). The van der Waals surface area contributed by atoms with E-state index < -0.39 is 11.7 Å². The van der Waals surface area contributed by atoms with Crippen molar-refractivity contribution in [2.75, 3.05) is 5.32 Å². The Morgan fingerprint density at radius 2 is 2.00 bits per heavy atom. The van der Waals surface area contributed by atoms with Crippen LogP contribution in [0.4, 0.5) is 18.3 Å². The predicted octanol–water partition coefficient (Wildman–Crippen LogP) is 5.59. The third-order valence-electron chi connectivity index (χ3n) is 4.07. The Morgan fingerprint density at radius 1 is 1.17 bits per heavy atom. The number of aryl methyl sites for hydroxylation is 1. The second kappa shape index (κ2) is 8.04. The molecule has 2 aromatic carbocycles. The Balaban J connectivity index is 1.38. The number of benzene rings is 2. The number of carbonyl (C=O) groups excluding carboxylic acids is 1. The van der Waals surface area contributed by atoms with E-state index in [-0.39, 0.29) is 36.1 Å². The lowest BCUT2D eigenvalue weighted by Gasteiger charge is -2.06. The fourth-order valence-corrected chi connectivity index (χ4v) is 3.81. The van der Waals surface area contributed by atoms with Crippen LogP contribution < -0.4 is 5.32 Å². The minimum Gasteiger partial charge on any atom is -0.421 e. The van der Waals surface area contributed by atoms with Crippen molar-refractivity contribution in [3.63, 3.8) is 0 Å². The quantitative estimate of drug-likeness (QED) is 0.427. The third kappa shape index (κ3) is 4.60. The predicted molar refractivity (Wildman–Crippen MR) is 106 cm³/mol. The Hall–Kier alpha value is -2.98. The van der Waals surface area contributed by atoms with Gasteiger partial charge in [0.05, 0.1) is 15.8 Å². The largest absolute Gasteiger partial charge is 0.421 e. The topological polar surface area (TPSA) is 80.9 Å². The second-order valence-corrected chi connectivity index (χ2v) is 7.73. The summed E-state index contributed by atoms with van der Waals surface area (Å²) >= 11 is 7.24. The highest BCUT2D eigenvalue weighted by atomic mass is 35.5. The van der Waals surface area contributed by atoms with Crippen LogP contribution in [0.1, 0.15) is 17.9 Å². The average Bonchev–Trinajstić information content (AvgIpc) is 3.32. The molecule has 0 aliphatic rings. The molecule has 1 amide bonds. The number of carbonyl (C=O) groups is 1. The molecule has 30 heavy (non-hydrogen) atoms. The SMILES string of the molecule is O=C(CCc1nnc(-c2cccc(C(F)(F)F)c2)o1)Nc1nc2ccc(Cl)cc2s1. The number of fused-ring (bicyclic) bond motifs is 1. The second-order valence-electron chi connectivity index (χ2n) is 6.26. The number of rotatable bonds is 5. The van der Waals surface area contributed by atoms with Gasteiger partial charge in [-0.2, -0.15) is 13.2 Å². The van der Waals surface area contributed by atoms with Crippen LogP contribution in [0.2, 0.25) is 5.02 Å². The summed E-state index contributed by atoms with van der Waals surface area (Å²) in [5.41, 5.74) is 0.0692. The highest BCUT2D eigenvalue weighted by Gasteiger charge is 2.30. The summed E-state index contributed by atoms with van der Waals surface area (Å²) in [7, 11) is 0. The van der Waals surface area contributed by atoms with Crippen molar-refractivity contribution >= 4 is 44.2 Å². The lowest BCUT2D eigenvalue weighted by molar-refractivity contribution is -0.137. The molecule has 0 fully saturated rings. The van der Waals surface area contributed by atoms with Crippen LogP contribution in [0.3, 0.4) is 0 Å². The molecule has 0 saturated carbocycles. The van der Waals surface area contributed by atoms with E-state index >= 15 is 0 Å². The molecular weight excluding hydrogens is 441 g/mol. The van der Waals surface area contributed by atoms with Crippen molar-refractivity contribution in [3.8, 4) is 11.5 Å². The third-order valence-corrected chi connectivity index (χ3v) is 5.24. The minimum atomic E-state index is -4.47. The molecule has 0 atom stereocenters. The van der Waals surface area contributed by atoms with E-state index in [1.807, 2.05) is 0 Å². The van der Waals surface area contributed by atoms with Crippen molar-refractivity contribution in [2.24, 2.45) is 0 Å². The number of anilines is 1. The Bertz CT molecular complexity index is 1220. The van der Waals surface area contributed by atoms with E-state index in [4.69, 9.17) is 16.0 Å². The molecule has 0 aliphatic heterocycles. The van der Waals surface area contributed by atoms with Gasteiger partial charge >= 0.3 is 6.18 Å². The number of thiazole rings is 1. The monoisotopic (exact) mass is 452 g/mol. The van der Waals surface area contributed by atoms with E-state index in [0.29, 0.717) is 10.2 Å². The molecule has 0 bridgehead atoms. The summed E-state index contributed by atoms with van der Waals surface area (Å²) < 4.78 is 44.8. The summed E-state index contributed by atoms with van der Waals surface area (Å²) in [6, 6.07) is 9.84. The van der Waals surface area contributed by atoms with Gasteiger partial charge in [0.1, 0.15) is 0 Å². The first-order valence-electron chi connectivity index (χ1n) is 8.64. The Kier molecular flexibility index (Phi) is 5.44. The average molecular weight is 453 g/mol. The molecule has 0 saturated heterocycles. The van der Waals surface area contributed by atoms with Gasteiger partial charge in [-0.05, 0) is 36.4 Å². The first-order valence-corrected chi connectivity index (χ1v) is 9.83. The van der Waals surface area contributed by atoms with Crippen molar-refractivity contribution in [1.29, 1.82) is 0 Å². The van der Waals surface area contributed by atoms with Crippen molar-refractivity contribution < 1.29 is 22.4 Å². The van der Waals surface area contributed by atoms with Gasteiger partial charge in [0.2, 0.25) is 17.7 Å². The molecule has 11 heteroatoms. The first kappa shape index (κ1) is 20.3. The summed E-state index contributed by atoms with van der Waals surface area (Å²) in [6.07, 6.45) is -4.29. The number of aromatic nitrogens is 3. The Morgan fingerprint density at radius 3 is 2.80 bits per heavy atom. The molecule has 0 spiro atoms. The van der Waals surface area contributed by atoms with Crippen LogP contribution in [0.25, 0.3) is 21.7 Å². The number of amides is 1. The fraction of sp³-hybridized carbons (Fsp3) is 0.158. The highest BCUT2D eigenvalue weighted by molar-refractivity contribution is 7.22. The standard InChI is InChI=1S/C19H12ClF3N4O2S/c20-12-4-5-13-14(9-12)30-18(24-13)25-15(28)6-7-16-26-27-17(29-16)10-2-1-3-11(8-10)19(21,22)23/h1-5,8-9H,6-7H2,(H,24,25,28). The molecule has 0 unspecified atom stereocenters. The fourth-order valence-electron chi connectivity index (χ4n) is 2.65. The van der Waals surface area contributed by atoms with E-state index in [1.54, 1.807) is 18.2 Å². The molecule has 2 aromatic heterocycles. The number of halogens is 4. The van der Waals surface area contributed by atoms with Crippen molar-refractivity contribution in [2.45, 2.75) is 19.0 Å². The smallest absolute Gasteiger partial charge is 0.416 e. The molecular formula is C19H12ClF3N4O2S. The van der Waals surface area contributed by atoms with Crippen molar-refractivity contribution in [3.05, 3.63) is 58.9 Å². The lowest BCUT2D eigenvalue weighted by atomic mass is 10.1. The van der Waals surface area contributed by atoms with Crippen molar-refractivity contribution in [1.82, 2.24) is 15.2 Å². The lowest BCUT2D eigenvalue weighted by Crippen LogP contribution is -2.12. The number of nitrogens with one attached hydrogen (secondary N) is 1. The molecule has 1 N–H and O–H groups in total. The van der Waals surface area contributed by atoms with Gasteiger partial charge in [-0.25, -0.2) is 4.98 Å². The van der Waals surface area contributed by atoms with Gasteiger partial charge in [0.15, 0.2) is 5.13 Å². The normalized spacial score (nSPS) is 11.7. The summed E-state index contributed by atoms with van der Waals surface area (Å²) in [6.45, 7) is 0. The van der Waals surface area contributed by atoms with E-state index in [0.717, 1.165) is 22.3 Å². The van der Waals surface area contributed by atoms with Gasteiger partial charge in [-0.3, -0.25) is 4.79 Å². The zero-order valence-electron chi connectivity index (χ0n) is 15.0. The van der Waals surface area contributed by atoms with E-state index in [2.05, 4.69) is 20.5 Å². The summed E-state index contributed by atoms with van der Waals surface area (Å²) in [4.78, 5) is 16.5. The zero-order valence-corrected chi connectivity index (χ0v) is 16.6. The first-order chi connectivity index (χ1) is 14.3. The molecule has 0 aliphatic carbocycles. The highest BCUT2D eigenvalue weighted by Crippen LogP contribution is 2.32. The molecule has 0 radical (unpaired) electrons. The maximum absolute atomic E-state index is 12.8. The summed E-state index contributed by atoms with van der Waals surface area (Å²) in [5.74, 6) is -0.202. The zero-order chi connectivity index (χ0) is 21.3. The molecule has 4 aromatic rings. The number of hydrogen-bond acceptors (Lipinski definition) is 6. The number of hydrogen-bond donors (Lipinski definition) is 1. The maximum Gasteiger partial charge on any atom is 0.416 e. The molecule has 6 nitrogen and oxygen atoms in total. The Labute approximate surface area is 176 Å². The van der Waals surface area contributed by atoms with Gasteiger partial charge in [-0.1, -0.05) is 29.0 Å². The van der Waals surface area contributed by atoms with Crippen LogP contribution in [0.15, 0.2) is 46.9 Å².